The van der Waals surface area contributed by atoms with Crippen molar-refractivity contribution < 1.29 is 4.92 Å². The predicted molar refractivity (Wildman–Crippen MR) is 142 cm³/mol. The summed E-state index contributed by atoms with van der Waals surface area (Å²) in [5, 5.41) is 10.6. The molecule has 0 spiro atoms. The minimum absolute atomic E-state index is 0.155. The first-order valence-electron chi connectivity index (χ1n) is 12.2. The van der Waals surface area contributed by atoms with Crippen LogP contribution in [-0.2, 0) is 0 Å². The molecule has 34 heavy (non-hydrogen) atoms. The molecule has 2 aliphatic heterocycles. The van der Waals surface area contributed by atoms with Crippen molar-refractivity contribution in [2.24, 2.45) is 0 Å². The number of hydrogen-bond acceptors (Lipinski definition) is 7. The average Bonchev–Trinajstić information content (AvgIpc) is 2.85. The monoisotopic (exact) mass is 468 g/mol. The van der Waals surface area contributed by atoms with E-state index in [1.54, 1.807) is 12.1 Å². The van der Waals surface area contributed by atoms with Crippen LogP contribution in [0.25, 0.3) is 0 Å². The molecule has 8 nitrogen and oxygen atoms in total. The number of hydrogen-bond donors (Lipinski definition) is 1. The van der Waals surface area contributed by atoms with Crippen molar-refractivity contribution in [2.45, 2.75) is 37.8 Å². The van der Waals surface area contributed by atoms with Crippen molar-refractivity contribution in [3.63, 3.8) is 0 Å². The zero-order valence-corrected chi connectivity index (χ0v) is 21.1. The molecule has 186 valence electrons. The molecule has 0 unspecified atom stereocenters. The van der Waals surface area contributed by atoms with Crippen molar-refractivity contribution in [2.75, 3.05) is 69.9 Å². The van der Waals surface area contributed by atoms with Crippen LogP contribution < -0.4 is 15.5 Å². The Morgan fingerprint density at radius 1 is 0.735 bits per heavy atom. The van der Waals surface area contributed by atoms with E-state index in [-0.39, 0.29) is 10.6 Å². The van der Waals surface area contributed by atoms with Gasteiger partial charge < -0.3 is 25.3 Å². The van der Waals surface area contributed by atoms with Gasteiger partial charge in [-0.3, -0.25) is 10.1 Å². The number of benzene rings is 2. The summed E-state index contributed by atoms with van der Waals surface area (Å²) >= 11 is 0. The minimum atomic E-state index is -0.359. The van der Waals surface area contributed by atoms with Gasteiger partial charge in [0.15, 0.2) is 0 Å². The molecule has 0 atom stereocenters. The van der Waals surface area contributed by atoms with Crippen molar-refractivity contribution in [1.82, 2.24) is 9.80 Å². The number of non-ortho nitro benzene ring substituents is 1. The number of nitro benzene ring substituents is 1. The Kier molecular flexibility index (Phi) is 9.12. The van der Waals surface area contributed by atoms with Gasteiger partial charge in [0.25, 0.3) is 5.69 Å². The van der Waals surface area contributed by atoms with Gasteiger partial charge >= 0.3 is 0 Å². The van der Waals surface area contributed by atoms with E-state index in [1.165, 1.54) is 18.5 Å². The highest BCUT2D eigenvalue weighted by molar-refractivity contribution is 5.53. The summed E-state index contributed by atoms with van der Waals surface area (Å²) in [6.45, 7) is 4.32. The molecular formula is C26H40N6O2. The van der Waals surface area contributed by atoms with E-state index in [4.69, 9.17) is 5.73 Å². The van der Waals surface area contributed by atoms with Crippen molar-refractivity contribution in [1.29, 1.82) is 0 Å². The zero-order valence-electron chi connectivity index (χ0n) is 21.1. The molecule has 0 radical (unpaired) electrons. The highest BCUT2D eigenvalue weighted by Gasteiger charge is 2.21. The van der Waals surface area contributed by atoms with Crippen LogP contribution in [-0.4, -0.2) is 81.2 Å². The first-order chi connectivity index (χ1) is 16.2. The smallest absolute Gasteiger partial charge is 0.269 e. The van der Waals surface area contributed by atoms with Gasteiger partial charge in [0, 0.05) is 67.5 Å². The van der Waals surface area contributed by atoms with E-state index >= 15 is 0 Å². The summed E-state index contributed by atoms with van der Waals surface area (Å²) in [7, 11) is 8.57. The lowest BCUT2D eigenvalue weighted by molar-refractivity contribution is -0.384. The van der Waals surface area contributed by atoms with Gasteiger partial charge in [0.05, 0.1) is 4.92 Å². The van der Waals surface area contributed by atoms with E-state index in [0.717, 1.165) is 56.4 Å². The molecule has 2 saturated heterocycles. The Bertz CT molecular complexity index is 885. The number of nitrogens with two attached hydrogens (primary N) is 1. The maximum absolute atomic E-state index is 10.6. The SMILES string of the molecule is CN(C)C1CCN(c2ccc(N)cc2)CC1.CN(C)C1CCN(c2ccc([N+](=O)[O-])cc2)CC1. The normalized spacial score (nSPS) is 17.6. The van der Waals surface area contributed by atoms with Crippen molar-refractivity contribution in [3.8, 4) is 0 Å². The summed E-state index contributed by atoms with van der Waals surface area (Å²) in [4.78, 5) is 19.6. The molecule has 2 aliphatic rings. The molecule has 0 amide bonds. The second kappa shape index (κ2) is 12.0. The van der Waals surface area contributed by atoms with Gasteiger partial charge in [-0.15, -0.1) is 0 Å². The standard InChI is InChI=1S/C13H19N3O2.C13H21N3/c1-14(2)11-7-9-15(10-8-11)12-3-5-13(6-4-12)16(17)18;1-15(2)12-7-9-16(10-8-12)13-5-3-11(14)4-6-13/h3-6,11H,7-10H2,1-2H3;3-6,12H,7-10,14H2,1-2H3. The highest BCUT2D eigenvalue weighted by Crippen LogP contribution is 2.24. The first kappa shape index (κ1) is 25.8. The maximum atomic E-state index is 10.6. The van der Waals surface area contributed by atoms with Gasteiger partial charge in [-0.05, 0) is 90.3 Å². The summed E-state index contributed by atoms with van der Waals surface area (Å²) < 4.78 is 0. The minimum Gasteiger partial charge on any atom is -0.399 e. The van der Waals surface area contributed by atoms with Gasteiger partial charge in [0.1, 0.15) is 0 Å². The molecule has 2 aromatic rings. The summed E-state index contributed by atoms with van der Waals surface area (Å²) in [5.74, 6) is 0. The Balaban J connectivity index is 0.000000192. The largest absolute Gasteiger partial charge is 0.399 e. The Morgan fingerprint density at radius 3 is 1.41 bits per heavy atom. The van der Waals surface area contributed by atoms with Crippen LogP contribution in [0.5, 0.6) is 0 Å². The quantitative estimate of drug-likeness (QED) is 0.404. The van der Waals surface area contributed by atoms with Crippen LogP contribution in [0.1, 0.15) is 25.7 Å². The van der Waals surface area contributed by atoms with Crippen LogP contribution in [0.3, 0.4) is 0 Å². The third-order valence-electron chi connectivity index (χ3n) is 7.07. The van der Waals surface area contributed by atoms with Gasteiger partial charge in [0.2, 0.25) is 0 Å². The third kappa shape index (κ3) is 7.08. The van der Waals surface area contributed by atoms with Gasteiger partial charge in [-0.25, -0.2) is 0 Å². The lowest BCUT2D eigenvalue weighted by atomic mass is 10.0. The lowest BCUT2D eigenvalue weighted by Crippen LogP contribution is -2.41. The Morgan fingerprint density at radius 2 is 1.09 bits per heavy atom. The van der Waals surface area contributed by atoms with Crippen LogP contribution >= 0.6 is 0 Å². The molecule has 0 bridgehead atoms. The molecule has 2 aromatic carbocycles. The number of anilines is 3. The summed E-state index contributed by atoms with van der Waals surface area (Å²) in [5.41, 5.74) is 9.07. The van der Waals surface area contributed by atoms with Crippen LogP contribution in [0, 0.1) is 10.1 Å². The highest BCUT2D eigenvalue weighted by atomic mass is 16.6. The molecule has 8 heteroatoms. The maximum Gasteiger partial charge on any atom is 0.269 e. The van der Waals surface area contributed by atoms with Crippen molar-refractivity contribution >= 4 is 22.7 Å². The van der Waals surface area contributed by atoms with Gasteiger partial charge in [-0.2, -0.15) is 0 Å². The fourth-order valence-corrected chi connectivity index (χ4v) is 4.75. The van der Waals surface area contributed by atoms with Crippen LogP contribution in [0.2, 0.25) is 0 Å². The number of piperidine rings is 2. The third-order valence-corrected chi connectivity index (χ3v) is 7.07. The molecule has 2 fully saturated rings. The predicted octanol–water partition coefficient (Wildman–Crippen LogP) is 3.92. The van der Waals surface area contributed by atoms with Gasteiger partial charge in [-0.1, -0.05) is 0 Å². The molecule has 4 rings (SSSR count). The molecule has 2 heterocycles. The molecule has 0 saturated carbocycles. The lowest BCUT2D eigenvalue weighted by Gasteiger charge is -2.36. The summed E-state index contributed by atoms with van der Waals surface area (Å²) in [6, 6.07) is 16.4. The van der Waals surface area contributed by atoms with E-state index in [2.05, 4.69) is 59.9 Å². The van der Waals surface area contributed by atoms with E-state index in [0.29, 0.717) is 6.04 Å². The fourth-order valence-electron chi connectivity index (χ4n) is 4.75. The average molecular weight is 469 g/mol. The Labute approximate surface area is 204 Å². The van der Waals surface area contributed by atoms with Crippen LogP contribution in [0.4, 0.5) is 22.7 Å². The first-order valence-corrected chi connectivity index (χ1v) is 12.2. The second-order valence-corrected chi connectivity index (χ2v) is 9.73. The zero-order chi connectivity index (χ0) is 24.7. The van der Waals surface area contributed by atoms with E-state index in [1.807, 2.05) is 24.3 Å². The molecular weight excluding hydrogens is 428 g/mol. The second-order valence-electron chi connectivity index (χ2n) is 9.73. The summed E-state index contributed by atoms with van der Waals surface area (Å²) in [6.07, 6.45) is 4.78. The van der Waals surface area contributed by atoms with Crippen LogP contribution in [0.15, 0.2) is 48.5 Å². The number of rotatable bonds is 5. The Hall–Kier alpha value is -2.84. The number of nitrogen functional groups attached to an aromatic ring is 1. The molecule has 2 N–H and O–H groups in total. The number of nitrogens with zero attached hydrogens (tertiary/aromatic N) is 5. The number of nitro groups is 1. The van der Waals surface area contributed by atoms with E-state index < -0.39 is 0 Å². The van der Waals surface area contributed by atoms with Crippen molar-refractivity contribution in [3.05, 3.63) is 58.6 Å². The molecule has 0 aromatic heterocycles. The molecule has 0 aliphatic carbocycles. The fraction of sp³-hybridized carbons (Fsp3) is 0.538. The topological polar surface area (TPSA) is 82.1 Å². The van der Waals surface area contributed by atoms with E-state index in [9.17, 15) is 10.1 Å².